The van der Waals surface area contributed by atoms with E-state index in [0.29, 0.717) is 5.56 Å². The van der Waals surface area contributed by atoms with Gasteiger partial charge in [-0.3, -0.25) is 9.98 Å². The van der Waals surface area contributed by atoms with Crippen LogP contribution in [-0.4, -0.2) is 23.7 Å². The van der Waals surface area contributed by atoms with E-state index in [1.165, 1.54) is 0 Å². The molecule has 3 heteroatoms. The second-order valence-corrected chi connectivity index (χ2v) is 4.41. The van der Waals surface area contributed by atoms with Crippen LogP contribution in [0.15, 0.2) is 64.6 Å². The highest BCUT2D eigenvalue weighted by Crippen LogP contribution is 2.13. The SMILES string of the molecule is CCC(/N=C/c1ccccc1)/N=C/c1ccccc1O. The highest BCUT2D eigenvalue weighted by Gasteiger charge is 2.00. The Bertz CT molecular complexity index is 591. The van der Waals surface area contributed by atoms with Crippen LogP contribution in [-0.2, 0) is 0 Å². The third-order valence-electron chi connectivity index (χ3n) is 2.88. The molecule has 0 radical (unpaired) electrons. The van der Waals surface area contributed by atoms with Gasteiger partial charge in [0.2, 0.25) is 0 Å². The van der Waals surface area contributed by atoms with Gasteiger partial charge in [-0.15, -0.1) is 0 Å². The first-order valence-corrected chi connectivity index (χ1v) is 6.69. The van der Waals surface area contributed by atoms with Gasteiger partial charge in [0.1, 0.15) is 11.9 Å². The van der Waals surface area contributed by atoms with E-state index in [9.17, 15) is 5.11 Å². The Kier molecular flexibility index (Phi) is 5.07. The molecule has 0 amide bonds. The summed E-state index contributed by atoms with van der Waals surface area (Å²) in [6.45, 7) is 2.04. The lowest BCUT2D eigenvalue weighted by atomic mass is 10.2. The highest BCUT2D eigenvalue weighted by atomic mass is 16.3. The van der Waals surface area contributed by atoms with Gasteiger partial charge in [0, 0.05) is 18.0 Å². The van der Waals surface area contributed by atoms with Crippen LogP contribution in [0.1, 0.15) is 24.5 Å². The van der Waals surface area contributed by atoms with Crippen molar-refractivity contribution >= 4 is 12.4 Å². The maximum atomic E-state index is 9.67. The zero-order chi connectivity index (χ0) is 14.2. The summed E-state index contributed by atoms with van der Waals surface area (Å²) in [5.41, 5.74) is 1.77. The van der Waals surface area contributed by atoms with Crippen molar-refractivity contribution in [2.24, 2.45) is 9.98 Å². The molecule has 2 rings (SSSR count). The maximum Gasteiger partial charge on any atom is 0.139 e. The number of hydrogen-bond donors (Lipinski definition) is 1. The number of nitrogens with zero attached hydrogens (tertiary/aromatic N) is 2. The summed E-state index contributed by atoms with van der Waals surface area (Å²) >= 11 is 0. The van der Waals surface area contributed by atoms with Crippen molar-refractivity contribution < 1.29 is 5.11 Å². The number of phenolic OH excluding ortho intramolecular Hbond substituents is 1. The molecule has 0 aliphatic heterocycles. The molecule has 0 fully saturated rings. The lowest BCUT2D eigenvalue weighted by Gasteiger charge is -2.04. The van der Waals surface area contributed by atoms with Crippen molar-refractivity contribution in [1.82, 2.24) is 0 Å². The minimum atomic E-state index is -0.130. The molecule has 0 aromatic heterocycles. The summed E-state index contributed by atoms with van der Waals surface area (Å²) in [6, 6.07) is 17.1. The van der Waals surface area contributed by atoms with Crippen LogP contribution in [0.2, 0.25) is 0 Å². The van der Waals surface area contributed by atoms with Gasteiger partial charge in [-0.25, -0.2) is 0 Å². The Labute approximate surface area is 119 Å². The van der Waals surface area contributed by atoms with E-state index in [1.807, 2.05) is 55.6 Å². The second-order valence-electron chi connectivity index (χ2n) is 4.41. The predicted molar refractivity (Wildman–Crippen MR) is 83.8 cm³/mol. The minimum absolute atomic E-state index is 0.130. The first-order chi connectivity index (χ1) is 9.79. The van der Waals surface area contributed by atoms with Gasteiger partial charge in [0.05, 0.1) is 0 Å². The predicted octanol–water partition coefficient (Wildman–Crippen LogP) is 3.67. The van der Waals surface area contributed by atoms with Gasteiger partial charge >= 0.3 is 0 Å². The Balaban J connectivity index is 2.06. The molecule has 0 heterocycles. The summed E-state index contributed by atoms with van der Waals surface area (Å²) in [7, 11) is 0. The summed E-state index contributed by atoms with van der Waals surface area (Å²) in [6.07, 6.45) is 4.19. The first-order valence-electron chi connectivity index (χ1n) is 6.69. The van der Waals surface area contributed by atoms with Gasteiger partial charge in [-0.1, -0.05) is 49.4 Å². The van der Waals surface area contributed by atoms with Crippen LogP contribution in [0, 0.1) is 0 Å². The van der Waals surface area contributed by atoms with Crippen molar-refractivity contribution in [3.63, 3.8) is 0 Å². The number of aromatic hydroxyl groups is 1. The number of para-hydroxylation sites is 1. The minimum Gasteiger partial charge on any atom is -0.507 e. The molecule has 3 nitrogen and oxygen atoms in total. The molecule has 2 aromatic carbocycles. The normalized spacial score (nSPS) is 13.1. The Morgan fingerprint density at radius 1 is 0.950 bits per heavy atom. The quantitative estimate of drug-likeness (QED) is 0.825. The van der Waals surface area contributed by atoms with E-state index in [0.717, 1.165) is 12.0 Å². The summed E-state index contributed by atoms with van der Waals surface area (Å²) in [5, 5.41) is 9.67. The van der Waals surface area contributed by atoms with Crippen molar-refractivity contribution in [3.8, 4) is 5.75 Å². The molecule has 1 unspecified atom stereocenters. The molecule has 0 saturated heterocycles. The molecule has 0 bridgehead atoms. The highest BCUT2D eigenvalue weighted by molar-refractivity contribution is 5.83. The molecule has 1 N–H and O–H groups in total. The second kappa shape index (κ2) is 7.24. The molecule has 0 spiro atoms. The summed E-state index contributed by atoms with van der Waals surface area (Å²) in [5.74, 6) is 0.234. The van der Waals surface area contributed by atoms with Crippen LogP contribution in [0.25, 0.3) is 0 Å². The largest absolute Gasteiger partial charge is 0.507 e. The Hall–Kier alpha value is -2.42. The first kappa shape index (κ1) is 14.0. The van der Waals surface area contributed by atoms with Gasteiger partial charge < -0.3 is 5.11 Å². The molecule has 0 saturated carbocycles. The van der Waals surface area contributed by atoms with Gasteiger partial charge in [-0.05, 0) is 24.1 Å². The van der Waals surface area contributed by atoms with Crippen LogP contribution >= 0.6 is 0 Å². The third-order valence-corrected chi connectivity index (χ3v) is 2.88. The zero-order valence-corrected chi connectivity index (χ0v) is 11.5. The monoisotopic (exact) mass is 266 g/mol. The van der Waals surface area contributed by atoms with Crippen LogP contribution in [0.3, 0.4) is 0 Å². The number of aliphatic imine (C=N–C) groups is 2. The van der Waals surface area contributed by atoms with Gasteiger partial charge in [0.25, 0.3) is 0 Å². The van der Waals surface area contributed by atoms with Crippen molar-refractivity contribution in [2.75, 3.05) is 0 Å². The van der Waals surface area contributed by atoms with Crippen LogP contribution in [0.5, 0.6) is 5.75 Å². The molecular weight excluding hydrogens is 248 g/mol. The van der Waals surface area contributed by atoms with Crippen molar-refractivity contribution in [3.05, 3.63) is 65.7 Å². The van der Waals surface area contributed by atoms with E-state index in [-0.39, 0.29) is 11.9 Å². The standard InChI is InChI=1S/C17H18N2O/c1-2-17(18-12-14-8-4-3-5-9-14)19-13-15-10-6-7-11-16(15)20/h3-13,17,20H,2H2,1H3/b18-12+,19-13+. The Morgan fingerprint density at radius 2 is 1.60 bits per heavy atom. The molecule has 0 aliphatic rings. The topological polar surface area (TPSA) is 45.0 Å². The van der Waals surface area contributed by atoms with E-state index >= 15 is 0 Å². The Morgan fingerprint density at radius 3 is 2.30 bits per heavy atom. The summed E-state index contributed by atoms with van der Waals surface area (Å²) in [4.78, 5) is 8.86. The average molecular weight is 266 g/mol. The fourth-order valence-electron chi connectivity index (χ4n) is 1.72. The van der Waals surface area contributed by atoms with E-state index in [4.69, 9.17) is 0 Å². The summed E-state index contributed by atoms with van der Waals surface area (Å²) < 4.78 is 0. The van der Waals surface area contributed by atoms with Crippen LogP contribution in [0.4, 0.5) is 0 Å². The molecule has 20 heavy (non-hydrogen) atoms. The number of rotatable bonds is 5. The van der Waals surface area contributed by atoms with Gasteiger partial charge in [-0.2, -0.15) is 0 Å². The van der Waals surface area contributed by atoms with Crippen molar-refractivity contribution in [1.29, 1.82) is 0 Å². The van der Waals surface area contributed by atoms with E-state index in [2.05, 4.69) is 9.98 Å². The third kappa shape index (κ3) is 4.05. The molecular formula is C17H18N2O. The fraction of sp³-hybridized carbons (Fsp3) is 0.176. The smallest absolute Gasteiger partial charge is 0.139 e. The number of benzene rings is 2. The van der Waals surface area contributed by atoms with Crippen molar-refractivity contribution in [2.45, 2.75) is 19.5 Å². The number of phenols is 1. The average Bonchev–Trinajstić information content (AvgIpc) is 2.50. The molecule has 0 aliphatic carbocycles. The molecule has 102 valence electrons. The fourth-order valence-corrected chi connectivity index (χ4v) is 1.72. The molecule has 2 aromatic rings. The zero-order valence-electron chi connectivity index (χ0n) is 11.5. The van der Waals surface area contributed by atoms with Gasteiger partial charge in [0.15, 0.2) is 0 Å². The maximum absolute atomic E-state index is 9.67. The lowest BCUT2D eigenvalue weighted by molar-refractivity contribution is 0.474. The molecule has 1 atom stereocenters. The lowest BCUT2D eigenvalue weighted by Crippen LogP contribution is -2.00. The number of hydrogen-bond acceptors (Lipinski definition) is 3. The van der Waals surface area contributed by atoms with Crippen LogP contribution < -0.4 is 0 Å². The van der Waals surface area contributed by atoms with E-state index < -0.39 is 0 Å². The van der Waals surface area contributed by atoms with E-state index in [1.54, 1.807) is 18.3 Å².